The quantitative estimate of drug-likeness (QED) is 0.815. The molecule has 2 rings (SSSR count). The molecule has 1 amide bonds. The lowest BCUT2D eigenvalue weighted by atomic mass is 10.1. The number of carbonyl (C=O) groups excluding carboxylic acids is 2. The number of nitrogens with one attached hydrogen (secondary N) is 1. The molecule has 1 heterocycles. The summed E-state index contributed by atoms with van der Waals surface area (Å²) in [5, 5.41) is 2.74. The van der Waals surface area contributed by atoms with Crippen molar-refractivity contribution in [2.24, 2.45) is 0 Å². The van der Waals surface area contributed by atoms with Crippen LogP contribution in [0.3, 0.4) is 0 Å². The number of nitrogens with zero attached hydrogens (tertiary/aromatic N) is 1. The zero-order chi connectivity index (χ0) is 16.2. The minimum absolute atomic E-state index is 0.0474. The maximum absolute atomic E-state index is 14.2. The number of halogens is 1. The summed E-state index contributed by atoms with van der Waals surface area (Å²) in [6, 6.07) is 6.77. The summed E-state index contributed by atoms with van der Waals surface area (Å²) in [5.41, 5.74) is -0.258. The molecule has 22 heavy (non-hydrogen) atoms. The molecule has 1 aromatic rings. The molecule has 1 unspecified atom stereocenters. The maximum atomic E-state index is 14.2. The predicted octanol–water partition coefficient (Wildman–Crippen LogP) is 1.89. The van der Waals surface area contributed by atoms with E-state index in [0.29, 0.717) is 24.2 Å². The first-order chi connectivity index (χ1) is 10.4. The molecule has 6 heteroatoms. The normalized spacial score (nSPS) is 21.8. The average molecular weight is 308 g/mol. The van der Waals surface area contributed by atoms with Crippen LogP contribution in [0.5, 0.6) is 0 Å². The Bertz CT molecular complexity index is 564. The number of ether oxygens (including phenoxy) is 1. The van der Waals surface area contributed by atoms with E-state index in [9.17, 15) is 14.0 Å². The number of anilines is 1. The number of ketones is 1. The van der Waals surface area contributed by atoms with E-state index in [1.807, 2.05) is 0 Å². The van der Waals surface area contributed by atoms with E-state index in [4.69, 9.17) is 4.74 Å². The summed E-state index contributed by atoms with van der Waals surface area (Å²) in [5.74, 6) is -0.278. The molecule has 120 valence electrons. The molecule has 1 aliphatic heterocycles. The van der Waals surface area contributed by atoms with Gasteiger partial charge in [0, 0.05) is 31.5 Å². The van der Waals surface area contributed by atoms with Gasteiger partial charge in [-0.05, 0) is 25.5 Å². The zero-order valence-corrected chi connectivity index (χ0v) is 12.9. The molecule has 5 nitrogen and oxygen atoms in total. The number of Topliss-reactive ketones (excluding diaryl/α,β-unsaturated/α-hetero) is 1. The van der Waals surface area contributed by atoms with Crippen molar-refractivity contribution in [2.75, 3.05) is 38.7 Å². The Hall–Kier alpha value is -1.79. The van der Waals surface area contributed by atoms with E-state index < -0.39 is 5.67 Å². The van der Waals surface area contributed by atoms with Gasteiger partial charge in [-0.25, -0.2) is 4.39 Å². The first kappa shape index (κ1) is 16.6. The summed E-state index contributed by atoms with van der Waals surface area (Å²) in [6.07, 6.45) is 0.369. The number of alkyl halides is 1. The average Bonchev–Trinajstić information content (AvgIpc) is 2.80. The number of methoxy groups -OCH3 is 1. The molecular formula is C16H21FN2O3. The molecule has 0 aromatic heterocycles. The fourth-order valence-electron chi connectivity index (χ4n) is 2.65. The van der Waals surface area contributed by atoms with Gasteiger partial charge in [0.25, 0.3) is 0 Å². The van der Waals surface area contributed by atoms with Crippen molar-refractivity contribution in [3.05, 3.63) is 29.8 Å². The van der Waals surface area contributed by atoms with Gasteiger partial charge in [0.2, 0.25) is 5.91 Å². The van der Waals surface area contributed by atoms with Crippen molar-refractivity contribution in [2.45, 2.75) is 19.0 Å². The monoisotopic (exact) mass is 308 g/mol. The third-order valence-corrected chi connectivity index (χ3v) is 3.71. The SMILES string of the molecule is COCC1(F)CCN(CC(=O)Nc2cccc(C(C)=O)c2)C1. The van der Waals surface area contributed by atoms with Gasteiger partial charge in [-0.1, -0.05) is 12.1 Å². The third-order valence-electron chi connectivity index (χ3n) is 3.71. The molecule has 0 saturated carbocycles. The van der Waals surface area contributed by atoms with Crippen LogP contribution < -0.4 is 5.32 Å². The smallest absolute Gasteiger partial charge is 0.238 e. The van der Waals surface area contributed by atoms with Crippen LogP contribution in [-0.4, -0.2) is 55.6 Å². The van der Waals surface area contributed by atoms with Crippen LogP contribution in [0.15, 0.2) is 24.3 Å². The molecular weight excluding hydrogens is 287 g/mol. The number of rotatable bonds is 6. The van der Waals surface area contributed by atoms with Crippen LogP contribution in [0.25, 0.3) is 0 Å². The topological polar surface area (TPSA) is 58.6 Å². The Morgan fingerprint density at radius 1 is 1.45 bits per heavy atom. The van der Waals surface area contributed by atoms with E-state index in [0.717, 1.165) is 0 Å². The second-order valence-corrected chi connectivity index (χ2v) is 5.73. The van der Waals surface area contributed by atoms with E-state index >= 15 is 0 Å². The van der Waals surface area contributed by atoms with Crippen LogP contribution in [0.2, 0.25) is 0 Å². The molecule has 0 aliphatic carbocycles. The van der Waals surface area contributed by atoms with Gasteiger partial charge in [-0.2, -0.15) is 0 Å². The second-order valence-electron chi connectivity index (χ2n) is 5.73. The lowest BCUT2D eigenvalue weighted by Gasteiger charge is -2.19. The first-order valence-corrected chi connectivity index (χ1v) is 7.23. The number of carbonyl (C=O) groups is 2. The molecule has 1 saturated heterocycles. The van der Waals surface area contributed by atoms with Gasteiger partial charge in [0.05, 0.1) is 13.2 Å². The Balaban J connectivity index is 1.89. The van der Waals surface area contributed by atoms with Crippen LogP contribution in [-0.2, 0) is 9.53 Å². The van der Waals surface area contributed by atoms with E-state index in [-0.39, 0.29) is 31.4 Å². The second kappa shape index (κ2) is 6.98. The summed E-state index contributed by atoms with van der Waals surface area (Å²) in [6.45, 7) is 2.37. The van der Waals surface area contributed by atoms with Crippen LogP contribution in [0.1, 0.15) is 23.7 Å². The highest BCUT2D eigenvalue weighted by Gasteiger charge is 2.38. The van der Waals surface area contributed by atoms with Gasteiger partial charge in [0.15, 0.2) is 5.78 Å². The zero-order valence-electron chi connectivity index (χ0n) is 12.9. The first-order valence-electron chi connectivity index (χ1n) is 7.23. The summed E-state index contributed by atoms with van der Waals surface area (Å²) in [4.78, 5) is 25.1. The van der Waals surface area contributed by atoms with E-state index in [1.165, 1.54) is 14.0 Å². The number of likely N-dealkylation sites (tertiary alicyclic amines) is 1. The standard InChI is InChI=1S/C16H21FN2O3/c1-12(20)13-4-3-5-14(8-13)18-15(21)9-19-7-6-16(17,10-19)11-22-2/h3-5,8H,6-7,9-11H2,1-2H3,(H,18,21). The van der Waals surface area contributed by atoms with Crippen molar-refractivity contribution in [3.8, 4) is 0 Å². The maximum Gasteiger partial charge on any atom is 0.238 e. The van der Waals surface area contributed by atoms with Crippen LogP contribution >= 0.6 is 0 Å². The van der Waals surface area contributed by atoms with Gasteiger partial charge in [-0.3, -0.25) is 14.5 Å². The molecule has 1 atom stereocenters. The minimum Gasteiger partial charge on any atom is -0.381 e. The summed E-state index contributed by atoms with van der Waals surface area (Å²) >= 11 is 0. The van der Waals surface area contributed by atoms with Gasteiger partial charge >= 0.3 is 0 Å². The van der Waals surface area contributed by atoms with Crippen molar-refractivity contribution in [3.63, 3.8) is 0 Å². The van der Waals surface area contributed by atoms with Gasteiger partial charge in [-0.15, -0.1) is 0 Å². The molecule has 0 radical (unpaired) electrons. The van der Waals surface area contributed by atoms with Crippen molar-refractivity contribution >= 4 is 17.4 Å². The Morgan fingerprint density at radius 2 is 2.23 bits per heavy atom. The number of amides is 1. The third kappa shape index (κ3) is 4.35. The van der Waals surface area contributed by atoms with Gasteiger partial charge in [0.1, 0.15) is 5.67 Å². The Kier molecular flexibility index (Phi) is 5.26. The fraction of sp³-hybridized carbons (Fsp3) is 0.500. The fourth-order valence-corrected chi connectivity index (χ4v) is 2.65. The van der Waals surface area contributed by atoms with Crippen molar-refractivity contribution in [1.82, 2.24) is 4.90 Å². The molecule has 1 fully saturated rings. The van der Waals surface area contributed by atoms with Crippen LogP contribution in [0.4, 0.5) is 10.1 Å². The molecule has 1 aromatic carbocycles. The highest BCUT2D eigenvalue weighted by molar-refractivity contribution is 5.97. The van der Waals surface area contributed by atoms with Crippen LogP contribution in [0, 0.1) is 0 Å². The van der Waals surface area contributed by atoms with E-state index in [2.05, 4.69) is 5.32 Å². The molecule has 0 spiro atoms. The number of hydrogen-bond donors (Lipinski definition) is 1. The van der Waals surface area contributed by atoms with Crippen molar-refractivity contribution < 1.29 is 18.7 Å². The lowest BCUT2D eigenvalue weighted by molar-refractivity contribution is -0.117. The Labute approximate surface area is 129 Å². The largest absolute Gasteiger partial charge is 0.381 e. The molecule has 1 aliphatic rings. The molecule has 0 bridgehead atoms. The van der Waals surface area contributed by atoms with Crippen molar-refractivity contribution in [1.29, 1.82) is 0 Å². The summed E-state index contributed by atoms with van der Waals surface area (Å²) in [7, 11) is 1.47. The minimum atomic E-state index is -1.37. The van der Waals surface area contributed by atoms with Gasteiger partial charge < -0.3 is 10.1 Å². The Morgan fingerprint density at radius 3 is 2.91 bits per heavy atom. The highest BCUT2D eigenvalue weighted by atomic mass is 19.1. The number of hydrogen-bond acceptors (Lipinski definition) is 4. The predicted molar refractivity (Wildman–Crippen MR) is 81.8 cm³/mol. The lowest BCUT2D eigenvalue weighted by Crippen LogP contribution is -2.36. The highest BCUT2D eigenvalue weighted by Crippen LogP contribution is 2.25. The number of benzene rings is 1. The van der Waals surface area contributed by atoms with E-state index in [1.54, 1.807) is 29.2 Å². The summed E-state index contributed by atoms with van der Waals surface area (Å²) < 4.78 is 19.1. The molecule has 1 N–H and O–H groups in total.